The molecule has 0 aliphatic heterocycles. The minimum Gasteiger partial charge on any atom is -0.496 e. The highest BCUT2D eigenvalue weighted by molar-refractivity contribution is 7.09. The lowest BCUT2D eigenvalue weighted by Crippen LogP contribution is -2.30. The first-order valence-electron chi connectivity index (χ1n) is 11.2. The summed E-state index contributed by atoms with van der Waals surface area (Å²) in [6.45, 7) is 1.90. The van der Waals surface area contributed by atoms with Crippen molar-refractivity contribution in [1.82, 2.24) is 4.98 Å². The zero-order valence-corrected chi connectivity index (χ0v) is 20.3. The number of aliphatic hydroxyl groups excluding tert-OH is 1. The molecule has 180 valence electrons. The van der Waals surface area contributed by atoms with Crippen LogP contribution in [0.25, 0.3) is 0 Å². The maximum absolute atomic E-state index is 11.4. The molecule has 1 heterocycles. The molecule has 7 nitrogen and oxygen atoms in total. The lowest BCUT2D eigenvalue weighted by atomic mass is 9.99. The van der Waals surface area contributed by atoms with Crippen molar-refractivity contribution in [2.45, 2.75) is 50.9 Å². The quantitative estimate of drug-likeness (QED) is 0.451. The standard InChI is InChI=1S/C26H29NO6S/c1-15-21(31-2)10-18(11-22(15)32-3)26(30)23(13-24-27-19(14-34-24)12-25(28)29)33-20-8-16-6-4-5-7-17(16)9-20/h4-7,10-11,14,20,23,26,30H,8-9,12-13H2,1-3H3,(H,28,29). The third kappa shape index (κ3) is 5.41. The molecule has 2 aromatic carbocycles. The number of aliphatic hydroxyl groups is 1. The molecular weight excluding hydrogens is 454 g/mol. The van der Waals surface area contributed by atoms with Gasteiger partial charge in [-0.15, -0.1) is 11.3 Å². The van der Waals surface area contributed by atoms with E-state index in [9.17, 15) is 9.90 Å². The Hall–Kier alpha value is -2.94. The number of hydrogen-bond donors (Lipinski definition) is 2. The zero-order valence-electron chi connectivity index (χ0n) is 19.5. The number of thiazole rings is 1. The van der Waals surface area contributed by atoms with Crippen molar-refractivity contribution < 1.29 is 29.2 Å². The number of rotatable bonds is 10. The van der Waals surface area contributed by atoms with Gasteiger partial charge in [-0.05, 0) is 48.6 Å². The smallest absolute Gasteiger partial charge is 0.309 e. The topological polar surface area (TPSA) is 98.1 Å². The Morgan fingerprint density at radius 1 is 1.15 bits per heavy atom. The highest BCUT2D eigenvalue weighted by atomic mass is 32.1. The van der Waals surface area contributed by atoms with Gasteiger partial charge in [-0.2, -0.15) is 0 Å². The normalized spacial score (nSPS) is 15.1. The summed E-state index contributed by atoms with van der Waals surface area (Å²) in [5, 5.41) is 23.0. The fourth-order valence-corrected chi connectivity index (χ4v) is 5.28. The number of fused-ring (bicyclic) bond motifs is 1. The van der Waals surface area contributed by atoms with Crippen LogP contribution in [0, 0.1) is 6.92 Å². The lowest BCUT2D eigenvalue weighted by Gasteiger charge is -2.27. The highest BCUT2D eigenvalue weighted by Crippen LogP contribution is 2.35. The lowest BCUT2D eigenvalue weighted by molar-refractivity contribution is -0.136. The van der Waals surface area contributed by atoms with E-state index in [0.717, 1.165) is 23.4 Å². The molecule has 4 rings (SSSR count). The van der Waals surface area contributed by atoms with Crippen LogP contribution in [-0.2, 0) is 35.2 Å². The van der Waals surface area contributed by atoms with Crippen molar-refractivity contribution in [2.75, 3.05) is 14.2 Å². The fourth-order valence-electron chi connectivity index (χ4n) is 4.44. The van der Waals surface area contributed by atoms with Gasteiger partial charge in [0, 0.05) is 17.4 Å². The molecule has 0 saturated carbocycles. The van der Waals surface area contributed by atoms with Gasteiger partial charge in [0.25, 0.3) is 0 Å². The Labute approximate surface area is 203 Å². The monoisotopic (exact) mass is 483 g/mol. The van der Waals surface area contributed by atoms with Crippen molar-refractivity contribution >= 4 is 17.3 Å². The van der Waals surface area contributed by atoms with E-state index in [1.807, 2.05) is 19.1 Å². The number of ether oxygens (including phenoxy) is 3. The van der Waals surface area contributed by atoms with Crippen molar-refractivity contribution in [3.8, 4) is 11.5 Å². The second-order valence-corrected chi connectivity index (χ2v) is 9.42. The molecule has 2 unspecified atom stereocenters. The van der Waals surface area contributed by atoms with Crippen LogP contribution >= 0.6 is 11.3 Å². The Kier molecular flexibility index (Phi) is 7.50. The molecule has 0 bridgehead atoms. The number of methoxy groups -OCH3 is 2. The zero-order chi connectivity index (χ0) is 24.2. The Morgan fingerprint density at radius 2 is 1.76 bits per heavy atom. The molecule has 0 saturated heterocycles. The van der Waals surface area contributed by atoms with E-state index < -0.39 is 18.2 Å². The minimum atomic E-state index is -0.959. The van der Waals surface area contributed by atoms with Gasteiger partial charge in [-0.3, -0.25) is 4.79 Å². The number of aromatic nitrogens is 1. The van der Waals surface area contributed by atoms with E-state index in [2.05, 4.69) is 17.1 Å². The van der Waals surface area contributed by atoms with E-state index >= 15 is 0 Å². The first-order chi connectivity index (χ1) is 16.4. The largest absolute Gasteiger partial charge is 0.496 e. The average Bonchev–Trinajstić information content (AvgIpc) is 3.43. The third-order valence-electron chi connectivity index (χ3n) is 6.16. The molecule has 2 atom stereocenters. The summed E-state index contributed by atoms with van der Waals surface area (Å²) < 4.78 is 17.5. The Balaban J connectivity index is 1.60. The second-order valence-electron chi connectivity index (χ2n) is 8.48. The van der Waals surface area contributed by atoms with Crippen molar-refractivity contribution in [2.24, 2.45) is 0 Å². The molecule has 1 aliphatic carbocycles. The van der Waals surface area contributed by atoms with E-state index in [1.54, 1.807) is 31.7 Å². The highest BCUT2D eigenvalue weighted by Gasteiger charge is 2.31. The average molecular weight is 484 g/mol. The molecule has 34 heavy (non-hydrogen) atoms. The maximum atomic E-state index is 11.4. The van der Waals surface area contributed by atoms with Gasteiger partial charge in [-0.1, -0.05) is 24.3 Å². The first-order valence-corrected chi connectivity index (χ1v) is 12.0. The number of benzene rings is 2. The third-order valence-corrected chi connectivity index (χ3v) is 7.08. The number of carboxylic acids is 1. The molecule has 0 radical (unpaired) electrons. The van der Waals surface area contributed by atoms with Crippen LogP contribution < -0.4 is 9.47 Å². The van der Waals surface area contributed by atoms with Gasteiger partial charge in [0.15, 0.2) is 0 Å². The Morgan fingerprint density at radius 3 is 2.32 bits per heavy atom. The van der Waals surface area contributed by atoms with E-state index in [4.69, 9.17) is 19.3 Å². The Bertz CT molecular complexity index is 1110. The van der Waals surface area contributed by atoms with Gasteiger partial charge in [0.05, 0.1) is 43.5 Å². The van der Waals surface area contributed by atoms with Crippen LogP contribution in [0.15, 0.2) is 41.8 Å². The van der Waals surface area contributed by atoms with Crippen molar-refractivity contribution in [3.05, 3.63) is 74.7 Å². The van der Waals surface area contributed by atoms with Crippen LogP contribution in [-0.4, -0.2) is 47.6 Å². The molecule has 0 fully saturated rings. The predicted octanol–water partition coefficient (Wildman–Crippen LogP) is 3.92. The van der Waals surface area contributed by atoms with E-state index in [0.29, 0.717) is 29.2 Å². The van der Waals surface area contributed by atoms with E-state index in [-0.39, 0.29) is 12.5 Å². The van der Waals surface area contributed by atoms with Crippen LogP contribution in [0.4, 0.5) is 0 Å². The van der Waals surface area contributed by atoms with Gasteiger partial charge < -0.3 is 24.4 Å². The van der Waals surface area contributed by atoms with Crippen LogP contribution in [0.5, 0.6) is 11.5 Å². The molecule has 3 aromatic rings. The van der Waals surface area contributed by atoms with Crippen molar-refractivity contribution in [1.29, 1.82) is 0 Å². The fraction of sp³-hybridized carbons (Fsp3) is 0.385. The molecule has 2 N–H and O–H groups in total. The van der Waals surface area contributed by atoms with Gasteiger partial charge in [0.2, 0.25) is 0 Å². The number of aliphatic carboxylic acids is 1. The molecule has 0 spiro atoms. The minimum absolute atomic E-state index is 0.0651. The number of nitrogens with zero attached hydrogens (tertiary/aromatic N) is 1. The van der Waals surface area contributed by atoms with Gasteiger partial charge in [-0.25, -0.2) is 4.98 Å². The van der Waals surface area contributed by atoms with E-state index in [1.165, 1.54) is 22.5 Å². The number of hydrogen-bond acceptors (Lipinski definition) is 7. The van der Waals surface area contributed by atoms with Crippen LogP contribution in [0.2, 0.25) is 0 Å². The number of carboxylic acid groups (broad SMARTS) is 1. The van der Waals surface area contributed by atoms with Crippen LogP contribution in [0.3, 0.4) is 0 Å². The summed E-state index contributed by atoms with van der Waals surface area (Å²) in [6.07, 6.45) is 0.180. The molecule has 1 aromatic heterocycles. The summed E-state index contributed by atoms with van der Waals surface area (Å²) in [6, 6.07) is 11.9. The van der Waals surface area contributed by atoms with Gasteiger partial charge >= 0.3 is 5.97 Å². The molecule has 8 heteroatoms. The van der Waals surface area contributed by atoms with Crippen LogP contribution in [0.1, 0.15) is 39.1 Å². The summed E-state index contributed by atoms with van der Waals surface area (Å²) in [4.78, 5) is 15.5. The summed E-state index contributed by atoms with van der Waals surface area (Å²) in [5.41, 5.74) is 4.51. The number of carbonyl (C=O) groups is 1. The maximum Gasteiger partial charge on any atom is 0.309 e. The second kappa shape index (κ2) is 10.5. The SMILES string of the molecule is COc1cc(C(O)C(Cc2nc(CC(=O)O)cs2)OC2Cc3ccccc3C2)cc(OC)c1C. The van der Waals surface area contributed by atoms with Gasteiger partial charge in [0.1, 0.15) is 17.6 Å². The van der Waals surface area contributed by atoms with Crippen molar-refractivity contribution in [3.63, 3.8) is 0 Å². The summed E-state index contributed by atoms with van der Waals surface area (Å²) in [7, 11) is 3.17. The summed E-state index contributed by atoms with van der Waals surface area (Å²) in [5.74, 6) is 0.323. The summed E-state index contributed by atoms with van der Waals surface area (Å²) >= 11 is 1.38. The predicted molar refractivity (Wildman–Crippen MR) is 129 cm³/mol. The first kappa shape index (κ1) is 24.2. The molecular formula is C26H29NO6S. The molecule has 0 amide bonds. The molecule has 1 aliphatic rings.